The summed E-state index contributed by atoms with van der Waals surface area (Å²) in [5, 5.41) is 10.4. The molecule has 0 spiro atoms. The zero-order chi connectivity index (χ0) is 19.7. The van der Waals surface area contributed by atoms with Crippen molar-refractivity contribution in [3.05, 3.63) is 70.0 Å². The summed E-state index contributed by atoms with van der Waals surface area (Å²) < 4.78 is 21.8. The third kappa shape index (κ3) is 3.63. The lowest BCUT2D eigenvalue weighted by atomic mass is 10.0. The molecular weight excluding hydrogens is 447 g/mol. The number of aromatic nitrogens is 3. The van der Waals surface area contributed by atoms with E-state index in [4.69, 9.17) is 4.74 Å². The number of hydrogen-bond acceptors (Lipinski definition) is 5. The first-order valence-electron chi connectivity index (χ1n) is 8.23. The first kappa shape index (κ1) is 18.6. The normalized spacial score (nSPS) is 12.1. The topological polar surface area (TPSA) is 69.0 Å². The summed E-state index contributed by atoms with van der Waals surface area (Å²) in [5.74, 6) is -0.477. The van der Waals surface area contributed by atoms with Crippen LogP contribution in [0.15, 0.2) is 58.6 Å². The Kier molecular flexibility index (Phi) is 5.10. The fourth-order valence-corrected chi connectivity index (χ4v) is 3.80. The van der Waals surface area contributed by atoms with Gasteiger partial charge in [0.1, 0.15) is 11.6 Å². The summed E-state index contributed by atoms with van der Waals surface area (Å²) >= 11 is 4.71. The minimum Gasteiger partial charge on any atom is -0.496 e. The number of methoxy groups -OCH3 is 1. The molecule has 1 atom stereocenters. The van der Waals surface area contributed by atoms with Crippen LogP contribution in [0.1, 0.15) is 11.6 Å². The summed E-state index contributed by atoms with van der Waals surface area (Å²) in [6, 6.07) is 8.75. The quantitative estimate of drug-likeness (QED) is 0.471. The van der Waals surface area contributed by atoms with Gasteiger partial charge in [0, 0.05) is 33.2 Å². The summed E-state index contributed by atoms with van der Waals surface area (Å²) in [6.45, 7) is 0. The molecule has 0 bridgehead atoms. The standard InChI is InChI=1S/C19H14BrFN4O2S/c1-27-16-5-4-13(21)9-14(16)17(18(26)23-19-22-6-7-28-19)25-10-11-2-3-12(20)8-15(11)24-25/h2-10,17H,1H3,(H,22,23,26). The molecule has 142 valence electrons. The van der Waals surface area contributed by atoms with E-state index in [0.717, 1.165) is 9.86 Å². The molecule has 1 unspecified atom stereocenters. The number of benzene rings is 2. The van der Waals surface area contributed by atoms with Crippen LogP contribution in [0.2, 0.25) is 0 Å². The van der Waals surface area contributed by atoms with Crippen LogP contribution >= 0.6 is 27.3 Å². The number of carbonyl (C=O) groups excluding carboxylic acids is 1. The Balaban J connectivity index is 1.85. The van der Waals surface area contributed by atoms with E-state index in [1.807, 2.05) is 18.2 Å². The molecule has 6 nitrogen and oxygen atoms in total. The van der Waals surface area contributed by atoms with E-state index in [2.05, 4.69) is 31.3 Å². The molecule has 28 heavy (non-hydrogen) atoms. The maximum absolute atomic E-state index is 14.0. The van der Waals surface area contributed by atoms with E-state index in [0.29, 0.717) is 22.0 Å². The molecule has 0 fully saturated rings. The van der Waals surface area contributed by atoms with Crippen molar-refractivity contribution < 1.29 is 13.9 Å². The molecule has 0 saturated heterocycles. The Morgan fingerprint density at radius 2 is 2.18 bits per heavy atom. The number of nitrogens with one attached hydrogen (secondary N) is 1. The fourth-order valence-electron chi connectivity index (χ4n) is 2.92. The average Bonchev–Trinajstić information content (AvgIpc) is 3.31. The third-order valence-corrected chi connectivity index (χ3v) is 5.33. The lowest BCUT2D eigenvalue weighted by Crippen LogP contribution is -2.28. The second-order valence-corrected chi connectivity index (χ2v) is 7.74. The maximum Gasteiger partial charge on any atom is 0.255 e. The van der Waals surface area contributed by atoms with Gasteiger partial charge in [0.15, 0.2) is 11.2 Å². The minimum atomic E-state index is -0.944. The van der Waals surface area contributed by atoms with Gasteiger partial charge >= 0.3 is 0 Å². The van der Waals surface area contributed by atoms with Crippen LogP contribution in [0.25, 0.3) is 10.9 Å². The average molecular weight is 461 g/mol. The van der Waals surface area contributed by atoms with E-state index >= 15 is 0 Å². The number of ether oxygens (including phenoxy) is 1. The number of hydrogen-bond donors (Lipinski definition) is 1. The van der Waals surface area contributed by atoms with E-state index in [1.165, 1.54) is 41.3 Å². The number of thiazole rings is 1. The molecule has 2 aromatic heterocycles. The number of fused-ring (bicyclic) bond motifs is 1. The number of anilines is 1. The highest BCUT2D eigenvalue weighted by atomic mass is 79.9. The van der Waals surface area contributed by atoms with Crippen molar-refractivity contribution >= 4 is 49.2 Å². The molecule has 0 radical (unpaired) electrons. The van der Waals surface area contributed by atoms with Crippen LogP contribution in [-0.2, 0) is 4.79 Å². The van der Waals surface area contributed by atoms with Gasteiger partial charge in [0.25, 0.3) is 5.91 Å². The number of halogens is 2. The number of nitrogens with zero attached hydrogens (tertiary/aromatic N) is 3. The monoisotopic (exact) mass is 460 g/mol. The van der Waals surface area contributed by atoms with Crippen molar-refractivity contribution in [2.75, 3.05) is 12.4 Å². The predicted molar refractivity (Wildman–Crippen MR) is 109 cm³/mol. The predicted octanol–water partition coefficient (Wildman–Crippen LogP) is 4.63. The molecule has 0 aliphatic rings. The fraction of sp³-hybridized carbons (Fsp3) is 0.105. The van der Waals surface area contributed by atoms with Crippen LogP contribution in [0.4, 0.5) is 9.52 Å². The molecule has 0 aliphatic heterocycles. The second kappa shape index (κ2) is 7.69. The van der Waals surface area contributed by atoms with Gasteiger partial charge in [-0.25, -0.2) is 9.37 Å². The molecule has 2 heterocycles. The van der Waals surface area contributed by atoms with Gasteiger partial charge in [-0.15, -0.1) is 11.3 Å². The van der Waals surface area contributed by atoms with E-state index in [9.17, 15) is 9.18 Å². The SMILES string of the molecule is COc1ccc(F)cc1C(C(=O)Nc1nccs1)n1cc2ccc(Br)cc2n1. The van der Waals surface area contributed by atoms with Crippen molar-refractivity contribution in [2.45, 2.75) is 6.04 Å². The summed E-state index contributed by atoms with van der Waals surface area (Å²) in [5.41, 5.74) is 1.07. The van der Waals surface area contributed by atoms with Crippen LogP contribution in [-0.4, -0.2) is 27.8 Å². The molecule has 9 heteroatoms. The van der Waals surface area contributed by atoms with Gasteiger partial charge in [-0.3, -0.25) is 14.8 Å². The molecule has 1 N–H and O–H groups in total. The Hall–Kier alpha value is -2.78. The van der Waals surface area contributed by atoms with Crippen LogP contribution in [0.3, 0.4) is 0 Å². The third-order valence-electron chi connectivity index (χ3n) is 4.15. The van der Waals surface area contributed by atoms with Crippen LogP contribution in [0, 0.1) is 5.82 Å². The first-order chi connectivity index (χ1) is 13.5. The van der Waals surface area contributed by atoms with E-state index in [1.54, 1.807) is 17.8 Å². The van der Waals surface area contributed by atoms with E-state index in [-0.39, 0.29) is 0 Å². The molecule has 4 rings (SSSR count). The number of rotatable bonds is 5. The van der Waals surface area contributed by atoms with Gasteiger partial charge in [-0.1, -0.05) is 22.0 Å². The van der Waals surface area contributed by atoms with Gasteiger partial charge in [-0.05, 0) is 30.3 Å². The molecule has 1 amide bonds. The van der Waals surface area contributed by atoms with Crippen molar-refractivity contribution in [3.8, 4) is 5.75 Å². The number of amides is 1. The lowest BCUT2D eigenvalue weighted by molar-refractivity contribution is -0.118. The number of carbonyl (C=O) groups is 1. The zero-order valence-corrected chi connectivity index (χ0v) is 17.0. The summed E-state index contributed by atoms with van der Waals surface area (Å²) in [7, 11) is 1.48. The molecule has 4 aromatic rings. The van der Waals surface area contributed by atoms with Crippen molar-refractivity contribution in [3.63, 3.8) is 0 Å². The molecule has 2 aromatic carbocycles. The highest BCUT2D eigenvalue weighted by Crippen LogP contribution is 2.31. The summed E-state index contributed by atoms with van der Waals surface area (Å²) in [6.07, 6.45) is 3.34. The maximum atomic E-state index is 14.0. The van der Waals surface area contributed by atoms with Crippen molar-refractivity contribution in [1.82, 2.24) is 14.8 Å². The first-order valence-corrected chi connectivity index (χ1v) is 9.90. The van der Waals surface area contributed by atoms with Crippen molar-refractivity contribution in [1.29, 1.82) is 0 Å². The Morgan fingerprint density at radius 3 is 2.93 bits per heavy atom. The largest absolute Gasteiger partial charge is 0.496 e. The zero-order valence-electron chi connectivity index (χ0n) is 14.6. The smallest absolute Gasteiger partial charge is 0.255 e. The van der Waals surface area contributed by atoms with Gasteiger partial charge in [0.05, 0.1) is 12.6 Å². The highest BCUT2D eigenvalue weighted by Gasteiger charge is 2.28. The second-order valence-electron chi connectivity index (χ2n) is 5.93. The lowest BCUT2D eigenvalue weighted by Gasteiger charge is -2.19. The highest BCUT2D eigenvalue weighted by molar-refractivity contribution is 9.10. The van der Waals surface area contributed by atoms with Gasteiger partial charge < -0.3 is 4.74 Å². The summed E-state index contributed by atoms with van der Waals surface area (Å²) in [4.78, 5) is 17.2. The van der Waals surface area contributed by atoms with Crippen LogP contribution < -0.4 is 10.1 Å². The van der Waals surface area contributed by atoms with E-state index < -0.39 is 17.8 Å². The van der Waals surface area contributed by atoms with Gasteiger partial charge in [-0.2, -0.15) is 5.10 Å². The molecular formula is C19H14BrFN4O2S. The van der Waals surface area contributed by atoms with Crippen molar-refractivity contribution in [2.24, 2.45) is 0 Å². The Labute approximate surface area is 172 Å². The van der Waals surface area contributed by atoms with Crippen LogP contribution in [0.5, 0.6) is 5.75 Å². The Morgan fingerprint density at radius 1 is 1.32 bits per heavy atom. The van der Waals surface area contributed by atoms with Gasteiger partial charge in [0.2, 0.25) is 0 Å². The molecule has 0 aliphatic carbocycles. The minimum absolute atomic E-state index is 0.364. The molecule has 0 saturated carbocycles. The Bertz CT molecular complexity index is 1150.